The summed E-state index contributed by atoms with van der Waals surface area (Å²) in [5, 5.41) is 0. The molecular formula is C12H20N2O2S3. The summed E-state index contributed by atoms with van der Waals surface area (Å²) < 4.78 is 27.0. The number of nitrogens with two attached hydrogens (primary N) is 1. The third-order valence-electron chi connectivity index (χ3n) is 2.70. The molecule has 0 atom stereocenters. The van der Waals surface area contributed by atoms with E-state index in [4.69, 9.17) is 18.0 Å². The molecule has 0 aliphatic carbocycles. The lowest BCUT2D eigenvalue weighted by atomic mass is 10.3. The average molecular weight is 321 g/mol. The topological polar surface area (TPSA) is 63.4 Å². The van der Waals surface area contributed by atoms with E-state index in [1.807, 2.05) is 26.8 Å². The molecule has 0 spiro atoms. The predicted octanol–water partition coefficient (Wildman–Crippen LogP) is 2.39. The molecule has 7 heteroatoms. The molecule has 0 aliphatic rings. The third-order valence-corrected chi connectivity index (χ3v) is 6.68. The number of rotatable bonds is 7. The third kappa shape index (κ3) is 4.24. The minimum atomic E-state index is -3.45. The van der Waals surface area contributed by atoms with Crippen LogP contribution in [-0.2, 0) is 16.4 Å². The number of sulfonamides is 1. The molecule has 1 aromatic heterocycles. The van der Waals surface area contributed by atoms with Gasteiger partial charge >= 0.3 is 0 Å². The standard InChI is InChI=1S/C12H20N2O2S3/c1-4-10-5-6-12(18-10)19(15,16)14(9(2)3)8-7-11(13)17/h5-6,9H,4,7-8H2,1-3H3,(H2,13,17). The Kier molecular flexibility index (Phi) is 5.91. The fourth-order valence-corrected chi connectivity index (χ4v) is 4.83. The molecule has 0 radical (unpaired) electrons. The van der Waals surface area contributed by atoms with Crippen LogP contribution in [0.4, 0.5) is 0 Å². The van der Waals surface area contributed by atoms with Gasteiger partial charge in [-0.3, -0.25) is 0 Å². The first-order valence-electron chi connectivity index (χ1n) is 6.18. The van der Waals surface area contributed by atoms with Crippen LogP contribution in [0.2, 0.25) is 0 Å². The van der Waals surface area contributed by atoms with Gasteiger partial charge in [-0.2, -0.15) is 4.31 Å². The van der Waals surface area contributed by atoms with Gasteiger partial charge in [0.05, 0.1) is 4.99 Å². The van der Waals surface area contributed by atoms with Crippen LogP contribution in [0.25, 0.3) is 0 Å². The van der Waals surface area contributed by atoms with Gasteiger partial charge < -0.3 is 5.73 Å². The highest BCUT2D eigenvalue weighted by atomic mass is 32.2. The SMILES string of the molecule is CCc1ccc(S(=O)(=O)N(CCC(N)=S)C(C)C)s1. The Labute approximate surface area is 124 Å². The summed E-state index contributed by atoms with van der Waals surface area (Å²) in [6.07, 6.45) is 1.24. The van der Waals surface area contributed by atoms with Gasteiger partial charge in [0.25, 0.3) is 10.0 Å². The van der Waals surface area contributed by atoms with Crippen molar-refractivity contribution in [2.75, 3.05) is 6.54 Å². The van der Waals surface area contributed by atoms with Crippen LogP contribution in [0.1, 0.15) is 32.1 Å². The second kappa shape index (κ2) is 6.78. The maximum absolute atomic E-state index is 12.6. The van der Waals surface area contributed by atoms with Crippen LogP contribution in [0.15, 0.2) is 16.3 Å². The summed E-state index contributed by atoms with van der Waals surface area (Å²) in [5.74, 6) is 0. The average Bonchev–Trinajstić information content (AvgIpc) is 2.76. The summed E-state index contributed by atoms with van der Waals surface area (Å²) in [4.78, 5) is 1.40. The van der Waals surface area contributed by atoms with Crippen LogP contribution < -0.4 is 5.73 Å². The van der Waals surface area contributed by atoms with E-state index < -0.39 is 10.0 Å². The summed E-state index contributed by atoms with van der Waals surface area (Å²) in [5.41, 5.74) is 5.46. The molecule has 1 aromatic rings. The number of thiocarbonyl (C=S) groups is 1. The van der Waals surface area contributed by atoms with Crippen LogP contribution >= 0.6 is 23.6 Å². The molecular weight excluding hydrogens is 300 g/mol. The zero-order valence-corrected chi connectivity index (χ0v) is 13.9. The summed E-state index contributed by atoms with van der Waals surface area (Å²) in [7, 11) is -3.45. The fraction of sp³-hybridized carbons (Fsp3) is 0.583. The first-order chi connectivity index (χ1) is 8.78. The number of aryl methyl sites for hydroxylation is 1. The highest BCUT2D eigenvalue weighted by molar-refractivity contribution is 7.91. The number of hydrogen-bond acceptors (Lipinski definition) is 4. The molecule has 1 heterocycles. The monoisotopic (exact) mass is 320 g/mol. The maximum Gasteiger partial charge on any atom is 0.252 e. The van der Waals surface area contributed by atoms with Gasteiger partial charge in [-0.05, 0) is 32.4 Å². The molecule has 0 bridgehead atoms. The van der Waals surface area contributed by atoms with E-state index in [1.54, 1.807) is 6.07 Å². The molecule has 4 nitrogen and oxygen atoms in total. The Morgan fingerprint density at radius 2 is 2.11 bits per heavy atom. The van der Waals surface area contributed by atoms with Gasteiger partial charge in [-0.1, -0.05) is 19.1 Å². The van der Waals surface area contributed by atoms with Crippen molar-refractivity contribution < 1.29 is 8.42 Å². The molecule has 108 valence electrons. The highest BCUT2D eigenvalue weighted by Gasteiger charge is 2.28. The van der Waals surface area contributed by atoms with Crippen LogP contribution in [0, 0.1) is 0 Å². The van der Waals surface area contributed by atoms with Crippen molar-refractivity contribution in [2.24, 2.45) is 5.73 Å². The fourth-order valence-electron chi connectivity index (χ4n) is 1.68. The molecule has 1 rings (SSSR count). The zero-order valence-electron chi connectivity index (χ0n) is 11.4. The van der Waals surface area contributed by atoms with E-state index in [9.17, 15) is 8.42 Å². The molecule has 0 aliphatic heterocycles. The smallest absolute Gasteiger partial charge is 0.252 e. The molecule has 0 unspecified atom stereocenters. The van der Waals surface area contributed by atoms with Gasteiger partial charge in [0, 0.05) is 23.9 Å². The normalized spacial score (nSPS) is 12.3. The van der Waals surface area contributed by atoms with Crippen molar-refractivity contribution in [3.8, 4) is 0 Å². The van der Waals surface area contributed by atoms with Gasteiger partial charge in [0.1, 0.15) is 4.21 Å². The van der Waals surface area contributed by atoms with Crippen LogP contribution in [-0.4, -0.2) is 30.3 Å². The van der Waals surface area contributed by atoms with Crippen molar-refractivity contribution in [1.29, 1.82) is 0 Å². The van der Waals surface area contributed by atoms with Crippen molar-refractivity contribution >= 4 is 38.6 Å². The molecule has 0 fully saturated rings. The second-order valence-corrected chi connectivity index (χ2v) is 8.31. The summed E-state index contributed by atoms with van der Waals surface area (Å²) >= 11 is 6.15. The molecule has 2 N–H and O–H groups in total. The number of nitrogens with zero attached hydrogens (tertiary/aromatic N) is 1. The Morgan fingerprint density at radius 3 is 2.53 bits per heavy atom. The largest absolute Gasteiger partial charge is 0.393 e. The number of hydrogen-bond donors (Lipinski definition) is 1. The maximum atomic E-state index is 12.6. The first kappa shape index (κ1) is 16.6. The molecule has 0 amide bonds. The molecule has 0 aromatic carbocycles. The lowest BCUT2D eigenvalue weighted by molar-refractivity contribution is 0.363. The Morgan fingerprint density at radius 1 is 1.47 bits per heavy atom. The van der Waals surface area contributed by atoms with Crippen LogP contribution in [0.3, 0.4) is 0 Å². The summed E-state index contributed by atoms with van der Waals surface area (Å²) in [6, 6.07) is 3.42. The van der Waals surface area contributed by atoms with Gasteiger partial charge in [0.2, 0.25) is 0 Å². The van der Waals surface area contributed by atoms with E-state index in [-0.39, 0.29) is 6.04 Å². The van der Waals surface area contributed by atoms with Gasteiger partial charge in [-0.25, -0.2) is 8.42 Å². The van der Waals surface area contributed by atoms with Crippen molar-refractivity contribution in [1.82, 2.24) is 4.31 Å². The van der Waals surface area contributed by atoms with Crippen molar-refractivity contribution in [3.05, 3.63) is 17.0 Å². The minimum Gasteiger partial charge on any atom is -0.393 e. The Bertz CT molecular complexity index is 535. The minimum absolute atomic E-state index is 0.119. The number of thiophene rings is 1. The van der Waals surface area contributed by atoms with Crippen molar-refractivity contribution in [3.63, 3.8) is 0 Å². The second-order valence-electron chi connectivity index (χ2n) is 4.50. The van der Waals surface area contributed by atoms with Gasteiger partial charge in [0.15, 0.2) is 0 Å². The van der Waals surface area contributed by atoms with Gasteiger partial charge in [-0.15, -0.1) is 11.3 Å². The zero-order chi connectivity index (χ0) is 14.6. The molecule has 19 heavy (non-hydrogen) atoms. The van der Waals surface area contributed by atoms with E-state index in [2.05, 4.69) is 0 Å². The van der Waals surface area contributed by atoms with E-state index >= 15 is 0 Å². The van der Waals surface area contributed by atoms with Crippen LogP contribution in [0.5, 0.6) is 0 Å². The predicted molar refractivity (Wildman–Crippen MR) is 84.1 cm³/mol. The van der Waals surface area contributed by atoms with Crippen molar-refractivity contribution in [2.45, 2.75) is 43.9 Å². The lowest BCUT2D eigenvalue weighted by Crippen LogP contribution is -2.38. The summed E-state index contributed by atoms with van der Waals surface area (Å²) in [6.45, 7) is 6.04. The lowest BCUT2D eigenvalue weighted by Gasteiger charge is -2.24. The molecule has 0 saturated carbocycles. The highest BCUT2D eigenvalue weighted by Crippen LogP contribution is 2.26. The Balaban J connectivity index is 3.02. The quantitative estimate of drug-likeness (QED) is 0.784. The van der Waals surface area contributed by atoms with E-state index in [1.165, 1.54) is 15.6 Å². The first-order valence-corrected chi connectivity index (χ1v) is 8.84. The molecule has 0 saturated heterocycles. The Hall–Kier alpha value is -0.500. The van der Waals surface area contributed by atoms with E-state index in [0.29, 0.717) is 22.2 Å². The van der Waals surface area contributed by atoms with E-state index in [0.717, 1.165) is 11.3 Å².